The molecule has 0 heterocycles. The third kappa shape index (κ3) is 3.95. The summed E-state index contributed by atoms with van der Waals surface area (Å²) in [6, 6.07) is 6.78. The van der Waals surface area contributed by atoms with E-state index in [1.165, 1.54) is 29.0 Å². The summed E-state index contributed by atoms with van der Waals surface area (Å²) in [5.74, 6) is 1.17. The minimum absolute atomic E-state index is 0.198. The highest BCUT2D eigenvalue weighted by Crippen LogP contribution is 2.34. The lowest BCUT2D eigenvalue weighted by atomic mass is 9.85. The van der Waals surface area contributed by atoms with Crippen molar-refractivity contribution >= 4 is 17.6 Å². The van der Waals surface area contributed by atoms with Gasteiger partial charge in [0.2, 0.25) is 0 Å². The summed E-state index contributed by atoms with van der Waals surface area (Å²) < 4.78 is 2.32. The maximum atomic E-state index is 2.32. The first-order valence-electron chi connectivity index (χ1n) is 6.34. The van der Waals surface area contributed by atoms with Crippen LogP contribution in [0.15, 0.2) is 18.2 Å². The number of benzene rings is 1. The summed E-state index contributed by atoms with van der Waals surface area (Å²) in [6.07, 6.45) is 1.21. The van der Waals surface area contributed by atoms with E-state index in [-0.39, 0.29) is 5.41 Å². The van der Waals surface area contributed by atoms with Crippen LogP contribution in [-0.4, -0.2) is 12.8 Å². The standard InChI is InChI=1S/C15H25NS/c1-7-10-17-16(6)14-11-12(2)8-9-13(14)15(3,4)5/h8-9,11H,7,10H2,1-6H3. The highest BCUT2D eigenvalue weighted by molar-refractivity contribution is 8.00. The van der Waals surface area contributed by atoms with Crippen LogP contribution in [0.4, 0.5) is 5.69 Å². The maximum Gasteiger partial charge on any atom is 0.0506 e. The summed E-state index contributed by atoms with van der Waals surface area (Å²) >= 11 is 1.90. The van der Waals surface area contributed by atoms with Gasteiger partial charge in [-0.15, -0.1) is 0 Å². The van der Waals surface area contributed by atoms with Crippen LogP contribution in [0.3, 0.4) is 0 Å². The van der Waals surface area contributed by atoms with Gasteiger partial charge in [0, 0.05) is 12.8 Å². The molecule has 0 fully saturated rings. The molecule has 1 nitrogen and oxygen atoms in total. The average molecular weight is 251 g/mol. The van der Waals surface area contributed by atoms with Gasteiger partial charge in [-0.1, -0.05) is 51.8 Å². The Balaban J connectivity index is 3.07. The second-order valence-electron chi connectivity index (χ2n) is 5.60. The molecule has 0 spiro atoms. The summed E-state index contributed by atoms with van der Waals surface area (Å²) in [6.45, 7) is 11.2. The van der Waals surface area contributed by atoms with E-state index in [1.807, 2.05) is 11.9 Å². The molecule has 17 heavy (non-hydrogen) atoms. The molecule has 2 heteroatoms. The largest absolute Gasteiger partial charge is 0.319 e. The van der Waals surface area contributed by atoms with Crippen LogP contribution in [0.5, 0.6) is 0 Å². The quantitative estimate of drug-likeness (QED) is 0.708. The zero-order valence-corrected chi connectivity index (χ0v) is 12.8. The maximum absolute atomic E-state index is 2.32. The highest BCUT2D eigenvalue weighted by Gasteiger charge is 2.19. The van der Waals surface area contributed by atoms with Crippen molar-refractivity contribution < 1.29 is 0 Å². The van der Waals surface area contributed by atoms with Gasteiger partial charge in [-0.05, 0) is 36.0 Å². The Morgan fingerprint density at radius 1 is 1.24 bits per heavy atom. The molecule has 0 aliphatic carbocycles. The normalized spacial score (nSPS) is 11.6. The highest BCUT2D eigenvalue weighted by atomic mass is 32.2. The van der Waals surface area contributed by atoms with Crippen molar-refractivity contribution in [3.63, 3.8) is 0 Å². The zero-order chi connectivity index (χ0) is 13.1. The van der Waals surface area contributed by atoms with Crippen molar-refractivity contribution in [3.8, 4) is 0 Å². The molecule has 0 aliphatic rings. The van der Waals surface area contributed by atoms with Crippen LogP contribution in [-0.2, 0) is 5.41 Å². The molecule has 0 aliphatic heterocycles. The van der Waals surface area contributed by atoms with Crippen molar-refractivity contribution in [2.45, 2.75) is 46.5 Å². The number of anilines is 1. The van der Waals surface area contributed by atoms with Gasteiger partial charge in [-0.2, -0.15) is 0 Å². The Bertz CT molecular complexity index is 366. The lowest BCUT2D eigenvalue weighted by Crippen LogP contribution is -2.18. The van der Waals surface area contributed by atoms with Crippen molar-refractivity contribution in [1.82, 2.24) is 0 Å². The van der Waals surface area contributed by atoms with Gasteiger partial charge in [0.25, 0.3) is 0 Å². The van der Waals surface area contributed by atoms with Crippen LogP contribution in [0.1, 0.15) is 45.2 Å². The zero-order valence-electron chi connectivity index (χ0n) is 12.0. The van der Waals surface area contributed by atoms with Gasteiger partial charge in [0.1, 0.15) is 0 Å². The summed E-state index contributed by atoms with van der Waals surface area (Å²) in [5.41, 5.74) is 4.31. The Kier molecular flexibility index (Phi) is 4.93. The monoisotopic (exact) mass is 251 g/mol. The topological polar surface area (TPSA) is 3.24 Å². The van der Waals surface area contributed by atoms with Gasteiger partial charge in [-0.25, -0.2) is 0 Å². The second-order valence-corrected chi connectivity index (χ2v) is 6.82. The predicted octanol–water partition coefficient (Wildman–Crippen LogP) is 4.79. The van der Waals surface area contributed by atoms with Gasteiger partial charge < -0.3 is 4.31 Å². The van der Waals surface area contributed by atoms with Crippen molar-refractivity contribution in [3.05, 3.63) is 29.3 Å². The molecule has 0 radical (unpaired) electrons. The van der Waals surface area contributed by atoms with Gasteiger partial charge >= 0.3 is 0 Å². The Morgan fingerprint density at radius 3 is 2.41 bits per heavy atom. The Morgan fingerprint density at radius 2 is 1.88 bits per heavy atom. The van der Waals surface area contributed by atoms with Crippen LogP contribution >= 0.6 is 11.9 Å². The second kappa shape index (κ2) is 5.81. The predicted molar refractivity (Wildman–Crippen MR) is 81.0 cm³/mol. The fourth-order valence-corrected chi connectivity index (χ4v) is 2.58. The smallest absolute Gasteiger partial charge is 0.0506 e. The molecule has 0 amide bonds. The van der Waals surface area contributed by atoms with Gasteiger partial charge in [0.15, 0.2) is 0 Å². The SMILES string of the molecule is CCCSN(C)c1cc(C)ccc1C(C)(C)C. The third-order valence-electron chi connectivity index (χ3n) is 2.79. The Labute approximate surface area is 111 Å². The number of nitrogens with zero attached hydrogens (tertiary/aromatic N) is 1. The minimum Gasteiger partial charge on any atom is -0.319 e. The van der Waals surface area contributed by atoms with Crippen LogP contribution in [0.2, 0.25) is 0 Å². The van der Waals surface area contributed by atoms with Crippen LogP contribution < -0.4 is 4.31 Å². The fourth-order valence-electron chi connectivity index (χ4n) is 1.83. The molecular weight excluding hydrogens is 226 g/mol. The van der Waals surface area contributed by atoms with Crippen LogP contribution in [0.25, 0.3) is 0 Å². The molecule has 1 aromatic rings. The molecule has 0 unspecified atom stereocenters. The van der Waals surface area contributed by atoms with E-state index in [4.69, 9.17) is 0 Å². The number of hydrogen-bond donors (Lipinski definition) is 0. The third-order valence-corrected chi connectivity index (χ3v) is 3.96. The lowest BCUT2D eigenvalue weighted by molar-refractivity contribution is 0.591. The molecule has 1 rings (SSSR count). The molecule has 0 saturated carbocycles. The van der Waals surface area contributed by atoms with Gasteiger partial charge in [0.05, 0.1) is 5.69 Å². The molecular formula is C15H25NS. The van der Waals surface area contributed by atoms with E-state index in [0.717, 1.165) is 0 Å². The number of aryl methyl sites for hydroxylation is 1. The first kappa shape index (κ1) is 14.4. The molecule has 0 N–H and O–H groups in total. The fraction of sp³-hybridized carbons (Fsp3) is 0.600. The minimum atomic E-state index is 0.198. The van der Waals surface area contributed by atoms with Crippen molar-refractivity contribution in [2.24, 2.45) is 0 Å². The molecule has 1 aromatic carbocycles. The first-order chi connectivity index (χ1) is 7.86. The Hall–Kier alpha value is -0.630. The van der Waals surface area contributed by atoms with E-state index >= 15 is 0 Å². The molecule has 96 valence electrons. The number of rotatable bonds is 4. The molecule has 0 atom stereocenters. The van der Waals surface area contributed by atoms with E-state index in [1.54, 1.807) is 0 Å². The van der Waals surface area contributed by atoms with E-state index in [9.17, 15) is 0 Å². The van der Waals surface area contributed by atoms with Crippen LogP contribution in [0, 0.1) is 6.92 Å². The van der Waals surface area contributed by atoms with E-state index in [0.29, 0.717) is 0 Å². The van der Waals surface area contributed by atoms with Crippen molar-refractivity contribution in [2.75, 3.05) is 17.1 Å². The van der Waals surface area contributed by atoms with Gasteiger partial charge in [-0.3, -0.25) is 0 Å². The summed E-state index contributed by atoms with van der Waals surface area (Å²) in [7, 11) is 2.17. The first-order valence-corrected chi connectivity index (χ1v) is 7.28. The molecule has 0 aromatic heterocycles. The van der Waals surface area contributed by atoms with Crippen molar-refractivity contribution in [1.29, 1.82) is 0 Å². The number of hydrogen-bond acceptors (Lipinski definition) is 2. The molecule has 0 saturated heterocycles. The van der Waals surface area contributed by atoms with E-state index in [2.05, 4.69) is 64.2 Å². The molecule has 0 bridgehead atoms. The summed E-state index contributed by atoms with van der Waals surface area (Å²) in [4.78, 5) is 0. The van der Waals surface area contributed by atoms with E-state index < -0.39 is 0 Å². The average Bonchev–Trinajstić information content (AvgIpc) is 2.24. The summed E-state index contributed by atoms with van der Waals surface area (Å²) in [5, 5.41) is 0. The lowest BCUT2D eigenvalue weighted by Gasteiger charge is -2.28.